The Bertz CT molecular complexity index is 1110. The third kappa shape index (κ3) is 4.85. The van der Waals surface area contributed by atoms with Gasteiger partial charge in [-0.15, -0.1) is 0 Å². The van der Waals surface area contributed by atoms with Crippen molar-refractivity contribution in [3.63, 3.8) is 0 Å². The average molecular weight is 426 g/mol. The van der Waals surface area contributed by atoms with Crippen LogP contribution in [0.1, 0.15) is 30.4 Å². The van der Waals surface area contributed by atoms with E-state index in [1.807, 2.05) is 18.5 Å². The van der Waals surface area contributed by atoms with E-state index in [0.717, 1.165) is 54.9 Å². The van der Waals surface area contributed by atoms with Crippen LogP contribution in [-0.2, 0) is 12.6 Å². The Morgan fingerprint density at radius 2 is 2.03 bits per heavy atom. The molecule has 1 N–H and O–H groups in total. The fraction of sp³-hybridized carbons (Fsp3) is 0.364. The van der Waals surface area contributed by atoms with Crippen molar-refractivity contribution in [1.29, 1.82) is 5.26 Å². The molecule has 1 unspecified atom stereocenters. The lowest BCUT2D eigenvalue weighted by Crippen LogP contribution is -2.37. The summed E-state index contributed by atoms with van der Waals surface area (Å²) in [5, 5.41) is 10.1. The van der Waals surface area contributed by atoms with Crippen molar-refractivity contribution in [3.05, 3.63) is 54.0 Å². The van der Waals surface area contributed by atoms with Gasteiger partial charge in [0, 0.05) is 31.4 Å². The molecule has 1 aliphatic heterocycles. The van der Waals surface area contributed by atoms with Gasteiger partial charge in [-0.25, -0.2) is 9.97 Å². The molecule has 0 spiro atoms. The van der Waals surface area contributed by atoms with Crippen LogP contribution in [0.15, 0.2) is 47.8 Å². The zero-order valence-electron chi connectivity index (χ0n) is 16.7. The second-order valence-electron chi connectivity index (χ2n) is 7.75. The molecule has 31 heavy (non-hydrogen) atoms. The van der Waals surface area contributed by atoms with Crippen LogP contribution in [0.5, 0.6) is 0 Å². The number of piperidine rings is 1. The Morgan fingerprint density at radius 1 is 1.23 bits per heavy atom. The number of aliphatic imine (C=N–C) groups is 1. The average Bonchev–Trinajstić information content (AvgIpc) is 3.23. The molecule has 6 nitrogen and oxygen atoms in total. The second-order valence-corrected chi connectivity index (χ2v) is 7.75. The van der Waals surface area contributed by atoms with Gasteiger partial charge >= 0.3 is 6.18 Å². The van der Waals surface area contributed by atoms with Gasteiger partial charge in [0.15, 0.2) is 0 Å². The number of nitrogens with one attached hydrogen (secondary N) is 1. The summed E-state index contributed by atoms with van der Waals surface area (Å²) < 4.78 is 38.3. The van der Waals surface area contributed by atoms with Gasteiger partial charge < -0.3 is 9.88 Å². The van der Waals surface area contributed by atoms with Gasteiger partial charge in [-0.3, -0.25) is 0 Å². The summed E-state index contributed by atoms with van der Waals surface area (Å²) in [6.07, 6.45) is 3.83. The minimum atomic E-state index is -4.36. The van der Waals surface area contributed by atoms with Crippen molar-refractivity contribution in [3.8, 4) is 6.19 Å². The van der Waals surface area contributed by atoms with Crippen molar-refractivity contribution in [2.45, 2.75) is 31.9 Å². The quantitative estimate of drug-likeness (QED) is 0.472. The Hall–Kier alpha value is -3.41. The standard InChI is InChI=1S/C22H21F3N6/c23-22(24,25)17-5-3-15(4-6-17)10-18(28-13-26)11-16-2-1-9-31(12-16)21-19-7-8-27-20(19)29-14-30-21/h3-8,14,16H,1-2,9-12H2,(H,27,29,30). The molecule has 0 radical (unpaired) electrons. The smallest absolute Gasteiger partial charge is 0.356 e. The SMILES string of the molecule is N#CN=C(Cc1ccc(C(F)(F)F)cc1)CC1CCCN(c2ncnc3[nH]ccc23)C1. The minimum Gasteiger partial charge on any atom is -0.356 e. The normalized spacial score (nSPS) is 17.7. The number of nitrogens with zero attached hydrogens (tertiary/aromatic N) is 5. The van der Waals surface area contributed by atoms with E-state index in [4.69, 9.17) is 5.26 Å². The Kier molecular flexibility index (Phi) is 5.89. The molecule has 3 aromatic rings. The number of nitriles is 1. The predicted molar refractivity (Wildman–Crippen MR) is 112 cm³/mol. The van der Waals surface area contributed by atoms with Gasteiger partial charge in [-0.1, -0.05) is 12.1 Å². The molecule has 0 bridgehead atoms. The first kappa shape index (κ1) is 20.8. The molecule has 1 aliphatic rings. The van der Waals surface area contributed by atoms with Gasteiger partial charge in [0.25, 0.3) is 0 Å². The van der Waals surface area contributed by atoms with Crippen molar-refractivity contribution in [2.24, 2.45) is 10.9 Å². The summed E-state index contributed by atoms with van der Waals surface area (Å²) >= 11 is 0. The first-order chi connectivity index (χ1) is 14.9. The number of anilines is 1. The third-order valence-corrected chi connectivity index (χ3v) is 5.57. The molecule has 0 amide bonds. The number of alkyl halides is 3. The minimum absolute atomic E-state index is 0.277. The molecule has 4 rings (SSSR count). The molecule has 0 aliphatic carbocycles. The number of benzene rings is 1. The van der Waals surface area contributed by atoms with Crippen LogP contribution in [0.25, 0.3) is 11.0 Å². The fourth-order valence-corrected chi connectivity index (χ4v) is 4.14. The highest BCUT2D eigenvalue weighted by Crippen LogP contribution is 2.30. The number of aromatic nitrogens is 3. The summed E-state index contributed by atoms with van der Waals surface area (Å²) in [4.78, 5) is 18.0. The molecule has 1 fully saturated rings. The van der Waals surface area contributed by atoms with Crippen molar-refractivity contribution >= 4 is 22.6 Å². The lowest BCUT2D eigenvalue weighted by atomic mass is 9.90. The molecular weight excluding hydrogens is 405 g/mol. The van der Waals surface area contributed by atoms with E-state index in [9.17, 15) is 13.2 Å². The number of halogens is 3. The zero-order valence-corrected chi connectivity index (χ0v) is 16.7. The monoisotopic (exact) mass is 426 g/mol. The first-order valence-electron chi connectivity index (χ1n) is 10.1. The van der Waals surface area contributed by atoms with Crippen LogP contribution >= 0.6 is 0 Å². The maximum atomic E-state index is 12.8. The van der Waals surface area contributed by atoms with Crippen molar-refractivity contribution in [1.82, 2.24) is 15.0 Å². The Balaban J connectivity index is 1.45. The molecule has 3 heterocycles. The lowest BCUT2D eigenvalue weighted by molar-refractivity contribution is -0.137. The summed E-state index contributed by atoms with van der Waals surface area (Å²) in [7, 11) is 0. The number of hydrogen-bond donors (Lipinski definition) is 1. The van der Waals surface area contributed by atoms with Gasteiger partial charge in [0.2, 0.25) is 6.19 Å². The fourth-order valence-electron chi connectivity index (χ4n) is 4.14. The highest BCUT2D eigenvalue weighted by Gasteiger charge is 2.30. The Labute approximate surface area is 177 Å². The van der Waals surface area contributed by atoms with E-state index >= 15 is 0 Å². The molecule has 1 aromatic carbocycles. The van der Waals surface area contributed by atoms with Crippen LogP contribution in [0.3, 0.4) is 0 Å². The van der Waals surface area contributed by atoms with E-state index in [0.29, 0.717) is 24.1 Å². The molecule has 0 saturated carbocycles. The molecular formula is C22H21F3N6. The predicted octanol–water partition coefficient (Wildman–Crippen LogP) is 4.75. The molecule has 9 heteroatoms. The number of aromatic amines is 1. The van der Waals surface area contributed by atoms with Crippen molar-refractivity contribution < 1.29 is 13.2 Å². The highest BCUT2D eigenvalue weighted by molar-refractivity contribution is 5.88. The third-order valence-electron chi connectivity index (χ3n) is 5.57. The molecule has 1 saturated heterocycles. The largest absolute Gasteiger partial charge is 0.416 e. The summed E-state index contributed by atoms with van der Waals surface area (Å²) in [5.41, 5.74) is 1.50. The summed E-state index contributed by atoms with van der Waals surface area (Å²) in [5.74, 6) is 1.16. The van der Waals surface area contributed by atoms with E-state index in [1.165, 1.54) is 12.1 Å². The second kappa shape index (κ2) is 8.76. The van der Waals surface area contributed by atoms with E-state index in [2.05, 4.69) is 24.8 Å². The highest BCUT2D eigenvalue weighted by atomic mass is 19.4. The topological polar surface area (TPSA) is 81.0 Å². The Morgan fingerprint density at radius 3 is 2.77 bits per heavy atom. The number of fused-ring (bicyclic) bond motifs is 1. The van der Waals surface area contributed by atoms with Crippen molar-refractivity contribution in [2.75, 3.05) is 18.0 Å². The number of rotatable bonds is 5. The zero-order chi connectivity index (χ0) is 21.8. The van der Waals surface area contributed by atoms with Gasteiger partial charge in [0.05, 0.1) is 10.9 Å². The molecule has 2 aromatic heterocycles. The van der Waals surface area contributed by atoms with Crippen LogP contribution in [0, 0.1) is 17.4 Å². The van der Waals surface area contributed by atoms with E-state index in [1.54, 1.807) is 6.33 Å². The maximum absolute atomic E-state index is 12.8. The first-order valence-corrected chi connectivity index (χ1v) is 10.1. The van der Waals surface area contributed by atoms with E-state index in [-0.39, 0.29) is 5.92 Å². The summed E-state index contributed by atoms with van der Waals surface area (Å²) in [6.45, 7) is 1.66. The van der Waals surface area contributed by atoms with Crippen LogP contribution in [0.2, 0.25) is 0 Å². The maximum Gasteiger partial charge on any atom is 0.416 e. The van der Waals surface area contributed by atoms with E-state index < -0.39 is 11.7 Å². The van der Waals surface area contributed by atoms with Crippen LogP contribution in [-0.4, -0.2) is 33.8 Å². The van der Waals surface area contributed by atoms with Gasteiger partial charge in [-0.2, -0.15) is 23.4 Å². The molecule has 1 atom stereocenters. The molecule has 160 valence electrons. The number of hydrogen-bond acceptors (Lipinski definition) is 5. The summed E-state index contributed by atoms with van der Waals surface area (Å²) in [6, 6.07) is 7.00. The number of H-pyrrole nitrogens is 1. The van der Waals surface area contributed by atoms with Crippen LogP contribution in [0.4, 0.5) is 19.0 Å². The van der Waals surface area contributed by atoms with Crippen LogP contribution < -0.4 is 4.90 Å². The van der Waals surface area contributed by atoms with Gasteiger partial charge in [-0.05, 0) is 48.9 Å². The lowest BCUT2D eigenvalue weighted by Gasteiger charge is -2.34. The van der Waals surface area contributed by atoms with Gasteiger partial charge in [0.1, 0.15) is 17.8 Å².